The van der Waals surface area contributed by atoms with Crippen molar-refractivity contribution in [3.63, 3.8) is 0 Å². The van der Waals surface area contributed by atoms with Gasteiger partial charge in [0.1, 0.15) is 0 Å². The summed E-state index contributed by atoms with van der Waals surface area (Å²) in [6.45, 7) is 0. The maximum atomic E-state index is 12.0. The third-order valence-electron chi connectivity index (χ3n) is 3.14. The number of fused-ring (bicyclic) bond motifs is 1. The summed E-state index contributed by atoms with van der Waals surface area (Å²) in [6, 6.07) is 15.5. The van der Waals surface area contributed by atoms with Crippen molar-refractivity contribution >= 4 is 38.3 Å². The highest BCUT2D eigenvalue weighted by atomic mass is 32.1. The van der Waals surface area contributed by atoms with E-state index in [1.807, 2.05) is 48.5 Å². The Hall–Kier alpha value is -2.40. The highest BCUT2D eigenvalue weighted by Gasteiger charge is 2.08. The number of amides is 1. The highest BCUT2D eigenvalue weighted by Crippen LogP contribution is 2.27. The van der Waals surface area contributed by atoms with Gasteiger partial charge in [-0.3, -0.25) is 4.79 Å². The van der Waals surface area contributed by atoms with Crippen LogP contribution in [0.5, 0.6) is 0 Å². The van der Waals surface area contributed by atoms with Gasteiger partial charge in [0.05, 0.1) is 10.2 Å². The minimum absolute atomic E-state index is 0.0223. The Labute approximate surface area is 126 Å². The second kappa shape index (κ2) is 5.93. The van der Waals surface area contributed by atoms with Crippen molar-refractivity contribution in [3.05, 3.63) is 54.1 Å². The zero-order valence-corrected chi connectivity index (χ0v) is 12.2. The van der Waals surface area contributed by atoms with Crippen molar-refractivity contribution in [2.75, 3.05) is 11.1 Å². The fraction of sp³-hybridized carbons (Fsp3) is 0.125. The number of hydrogen-bond acceptors (Lipinski definition) is 4. The molecular weight excluding hydrogens is 282 g/mol. The van der Waals surface area contributed by atoms with E-state index >= 15 is 0 Å². The molecule has 0 aliphatic rings. The van der Waals surface area contributed by atoms with Crippen molar-refractivity contribution in [1.29, 1.82) is 0 Å². The van der Waals surface area contributed by atoms with E-state index in [0.29, 0.717) is 17.2 Å². The van der Waals surface area contributed by atoms with E-state index in [1.54, 1.807) is 0 Å². The van der Waals surface area contributed by atoms with E-state index < -0.39 is 0 Å². The molecule has 0 aliphatic carbocycles. The van der Waals surface area contributed by atoms with Gasteiger partial charge in [-0.15, -0.1) is 0 Å². The van der Waals surface area contributed by atoms with Crippen molar-refractivity contribution < 1.29 is 4.79 Å². The van der Waals surface area contributed by atoms with Crippen LogP contribution in [0, 0.1) is 0 Å². The summed E-state index contributed by atoms with van der Waals surface area (Å²) in [5, 5.41) is 3.47. The number of nitrogen functional groups attached to an aromatic ring is 1. The van der Waals surface area contributed by atoms with Crippen LogP contribution >= 0.6 is 11.3 Å². The second-order valence-corrected chi connectivity index (χ2v) is 5.81. The SMILES string of the molecule is Nc1ccc2nc(NC(=O)CCc3ccccc3)sc2c1. The number of nitrogens with two attached hydrogens (primary N) is 1. The smallest absolute Gasteiger partial charge is 0.226 e. The van der Waals surface area contributed by atoms with Crippen LogP contribution in [0.25, 0.3) is 10.2 Å². The zero-order valence-electron chi connectivity index (χ0n) is 11.4. The van der Waals surface area contributed by atoms with Crippen LogP contribution in [0.2, 0.25) is 0 Å². The molecule has 0 spiro atoms. The fourth-order valence-electron chi connectivity index (χ4n) is 2.08. The van der Waals surface area contributed by atoms with Gasteiger partial charge in [0.2, 0.25) is 5.91 Å². The van der Waals surface area contributed by atoms with Crippen molar-refractivity contribution in [1.82, 2.24) is 4.98 Å². The van der Waals surface area contributed by atoms with Crippen LogP contribution in [0.4, 0.5) is 10.8 Å². The predicted octanol–water partition coefficient (Wildman–Crippen LogP) is 3.45. The topological polar surface area (TPSA) is 68.0 Å². The Morgan fingerprint density at radius 3 is 2.81 bits per heavy atom. The number of anilines is 2. The molecule has 0 fully saturated rings. The first kappa shape index (κ1) is 13.6. The standard InChI is InChI=1S/C16H15N3OS/c17-12-7-8-13-14(10-12)21-16(18-13)19-15(20)9-6-11-4-2-1-3-5-11/h1-5,7-8,10H,6,9,17H2,(H,18,19,20). The van der Waals surface area contributed by atoms with Crippen LogP contribution < -0.4 is 11.1 Å². The van der Waals surface area contributed by atoms with Crippen LogP contribution in [0.15, 0.2) is 48.5 Å². The minimum atomic E-state index is -0.0223. The predicted molar refractivity (Wildman–Crippen MR) is 87.4 cm³/mol. The number of rotatable bonds is 4. The molecule has 0 atom stereocenters. The van der Waals surface area contributed by atoms with Gasteiger partial charge in [-0.1, -0.05) is 41.7 Å². The average Bonchev–Trinajstić information content (AvgIpc) is 2.87. The largest absolute Gasteiger partial charge is 0.399 e. The zero-order chi connectivity index (χ0) is 14.7. The Morgan fingerprint density at radius 2 is 2.00 bits per heavy atom. The summed E-state index contributed by atoms with van der Waals surface area (Å²) >= 11 is 1.44. The van der Waals surface area contributed by atoms with E-state index in [4.69, 9.17) is 5.73 Å². The third kappa shape index (κ3) is 3.38. The van der Waals surface area contributed by atoms with Gasteiger partial charge >= 0.3 is 0 Å². The lowest BCUT2D eigenvalue weighted by Crippen LogP contribution is -2.11. The molecule has 0 saturated heterocycles. The van der Waals surface area contributed by atoms with Gasteiger partial charge in [0.25, 0.3) is 0 Å². The number of benzene rings is 2. The molecule has 0 aliphatic heterocycles. The van der Waals surface area contributed by atoms with E-state index in [9.17, 15) is 4.79 Å². The minimum Gasteiger partial charge on any atom is -0.399 e. The highest BCUT2D eigenvalue weighted by molar-refractivity contribution is 7.22. The summed E-state index contributed by atoms with van der Waals surface area (Å²) in [7, 11) is 0. The maximum Gasteiger partial charge on any atom is 0.226 e. The van der Waals surface area contributed by atoms with Crippen molar-refractivity contribution in [2.24, 2.45) is 0 Å². The quantitative estimate of drug-likeness (QED) is 0.725. The Morgan fingerprint density at radius 1 is 1.19 bits per heavy atom. The molecule has 3 aromatic rings. The lowest BCUT2D eigenvalue weighted by atomic mass is 10.1. The fourth-order valence-corrected chi connectivity index (χ4v) is 3.01. The molecule has 106 valence electrons. The molecule has 5 heteroatoms. The third-order valence-corrected chi connectivity index (χ3v) is 4.08. The Bertz CT molecular complexity index is 768. The van der Waals surface area contributed by atoms with Gasteiger partial charge < -0.3 is 11.1 Å². The average molecular weight is 297 g/mol. The second-order valence-electron chi connectivity index (χ2n) is 4.78. The number of carbonyl (C=O) groups excluding carboxylic acids is 1. The van der Waals surface area contributed by atoms with Gasteiger partial charge in [-0.25, -0.2) is 4.98 Å². The number of aryl methyl sites for hydroxylation is 1. The molecule has 0 unspecified atom stereocenters. The van der Waals surface area contributed by atoms with E-state index in [1.165, 1.54) is 11.3 Å². The first-order valence-electron chi connectivity index (χ1n) is 6.70. The van der Waals surface area contributed by atoms with Gasteiger partial charge in [0, 0.05) is 12.1 Å². The van der Waals surface area contributed by atoms with Crippen molar-refractivity contribution in [3.8, 4) is 0 Å². The molecule has 1 amide bonds. The van der Waals surface area contributed by atoms with Crippen LogP contribution in [0.3, 0.4) is 0 Å². The molecular formula is C16H15N3OS. The summed E-state index contributed by atoms with van der Waals surface area (Å²) < 4.78 is 0.980. The van der Waals surface area contributed by atoms with Crippen LogP contribution in [0.1, 0.15) is 12.0 Å². The number of aromatic nitrogens is 1. The summed E-state index contributed by atoms with van der Waals surface area (Å²) in [5.74, 6) is -0.0223. The monoisotopic (exact) mass is 297 g/mol. The maximum absolute atomic E-state index is 12.0. The number of thiazole rings is 1. The number of nitrogens with zero attached hydrogens (tertiary/aromatic N) is 1. The molecule has 0 saturated carbocycles. The molecule has 3 rings (SSSR count). The number of nitrogens with one attached hydrogen (secondary N) is 1. The molecule has 3 N–H and O–H groups in total. The molecule has 21 heavy (non-hydrogen) atoms. The van der Waals surface area contributed by atoms with Crippen LogP contribution in [-0.2, 0) is 11.2 Å². The van der Waals surface area contributed by atoms with Crippen molar-refractivity contribution in [2.45, 2.75) is 12.8 Å². The normalized spacial score (nSPS) is 10.7. The van der Waals surface area contributed by atoms with E-state index in [2.05, 4.69) is 10.3 Å². The van der Waals surface area contributed by atoms with E-state index in [-0.39, 0.29) is 5.91 Å². The summed E-state index contributed by atoms with van der Waals surface area (Å²) in [6.07, 6.45) is 1.17. The Kier molecular flexibility index (Phi) is 3.83. The first-order valence-corrected chi connectivity index (χ1v) is 7.52. The lowest BCUT2D eigenvalue weighted by Gasteiger charge is -2.01. The first-order chi connectivity index (χ1) is 10.2. The Balaban J connectivity index is 1.63. The van der Waals surface area contributed by atoms with Crippen LogP contribution in [-0.4, -0.2) is 10.9 Å². The number of hydrogen-bond donors (Lipinski definition) is 2. The molecule has 0 bridgehead atoms. The number of carbonyl (C=O) groups is 1. The lowest BCUT2D eigenvalue weighted by molar-refractivity contribution is -0.116. The molecule has 1 heterocycles. The van der Waals surface area contributed by atoms with Gasteiger partial charge in [0.15, 0.2) is 5.13 Å². The molecule has 2 aromatic carbocycles. The summed E-state index contributed by atoms with van der Waals surface area (Å²) in [4.78, 5) is 16.3. The summed E-state index contributed by atoms with van der Waals surface area (Å²) in [5.41, 5.74) is 8.45. The van der Waals surface area contributed by atoms with Gasteiger partial charge in [-0.2, -0.15) is 0 Å². The molecule has 0 radical (unpaired) electrons. The van der Waals surface area contributed by atoms with Gasteiger partial charge in [-0.05, 0) is 30.2 Å². The van der Waals surface area contributed by atoms with E-state index in [0.717, 1.165) is 22.2 Å². The molecule has 1 aromatic heterocycles. The molecule has 4 nitrogen and oxygen atoms in total.